The van der Waals surface area contributed by atoms with Gasteiger partial charge in [-0.05, 0) is 18.1 Å². The highest BCUT2D eigenvalue weighted by Crippen LogP contribution is 2.31. The first-order chi connectivity index (χ1) is 14.1. The molecule has 0 aromatic carbocycles. The number of carbonyl (C=O) groups excluding carboxylic acids is 1. The summed E-state index contributed by atoms with van der Waals surface area (Å²) in [5.74, 6) is 0.174. The monoisotopic (exact) mass is 398 g/mol. The largest absolute Gasteiger partial charge is 0.387 e. The summed E-state index contributed by atoms with van der Waals surface area (Å²) in [4.78, 5) is 28.9. The van der Waals surface area contributed by atoms with E-state index in [1.165, 1.54) is 19.7 Å². The lowest BCUT2D eigenvalue weighted by Gasteiger charge is -2.16. The first kappa shape index (κ1) is 19.2. The van der Waals surface area contributed by atoms with E-state index in [2.05, 4.69) is 30.6 Å². The van der Waals surface area contributed by atoms with E-state index >= 15 is 0 Å². The first-order valence-corrected chi connectivity index (χ1v) is 9.21. The summed E-state index contributed by atoms with van der Waals surface area (Å²) >= 11 is 0. The molecule has 11 nitrogen and oxygen atoms in total. The Balaban J connectivity index is 1.54. The minimum Gasteiger partial charge on any atom is -0.387 e. The predicted octanol–water partition coefficient (Wildman–Crippen LogP) is -0.792. The molecular weight excluding hydrogens is 376 g/mol. The molecule has 0 bridgehead atoms. The number of aliphatic hydroxyl groups excluding tert-OH is 1. The van der Waals surface area contributed by atoms with Crippen LogP contribution in [-0.4, -0.2) is 67.4 Å². The van der Waals surface area contributed by atoms with Gasteiger partial charge in [0.25, 0.3) is 5.91 Å². The number of aliphatic hydroxyl groups is 1. The standard InChI is InChI=1S/C18H22N8O3/c1-20-17(28)14-11(19)13(27)18(29-14)26-9-25-12-15(23-8-24-16(12)26)22-6-4-10-3-2-5-21-7-10/h2-3,5,7-9,11,13-14,18,27H,4,6,19H2,1H3,(H,20,28)(H,22,23,24). The van der Waals surface area contributed by atoms with Crippen LogP contribution in [0.5, 0.6) is 0 Å². The van der Waals surface area contributed by atoms with Gasteiger partial charge in [-0.1, -0.05) is 6.07 Å². The fraction of sp³-hybridized carbons (Fsp3) is 0.389. The molecule has 11 heteroatoms. The number of likely N-dealkylation sites (N-methyl/N-ethyl adjacent to an activating group) is 1. The third-order valence-electron chi connectivity index (χ3n) is 4.89. The molecule has 152 valence electrons. The molecule has 1 saturated heterocycles. The van der Waals surface area contributed by atoms with E-state index < -0.39 is 30.4 Å². The third-order valence-corrected chi connectivity index (χ3v) is 4.89. The van der Waals surface area contributed by atoms with E-state index in [-0.39, 0.29) is 0 Å². The quantitative estimate of drug-likeness (QED) is 0.418. The number of rotatable bonds is 6. The zero-order valence-electron chi connectivity index (χ0n) is 15.8. The number of imidazole rings is 1. The predicted molar refractivity (Wildman–Crippen MR) is 104 cm³/mol. The van der Waals surface area contributed by atoms with Gasteiger partial charge in [0.2, 0.25) is 0 Å². The molecule has 0 saturated carbocycles. The van der Waals surface area contributed by atoms with Crippen LogP contribution >= 0.6 is 0 Å². The summed E-state index contributed by atoms with van der Waals surface area (Å²) in [6, 6.07) is 3.03. The zero-order valence-corrected chi connectivity index (χ0v) is 15.8. The Labute approximate surface area is 166 Å². The highest BCUT2D eigenvalue weighted by molar-refractivity contribution is 5.83. The number of aromatic nitrogens is 5. The van der Waals surface area contributed by atoms with Crippen LogP contribution in [0.25, 0.3) is 11.2 Å². The Bertz CT molecular complexity index is 995. The van der Waals surface area contributed by atoms with Crippen molar-refractivity contribution in [1.29, 1.82) is 0 Å². The maximum Gasteiger partial charge on any atom is 0.250 e. The number of pyridine rings is 1. The van der Waals surface area contributed by atoms with Crippen molar-refractivity contribution in [2.75, 3.05) is 18.9 Å². The van der Waals surface area contributed by atoms with Gasteiger partial charge in [0.15, 0.2) is 29.3 Å². The number of carbonyl (C=O) groups is 1. The summed E-state index contributed by atoms with van der Waals surface area (Å²) in [7, 11) is 1.49. The molecule has 1 aliphatic heterocycles. The van der Waals surface area contributed by atoms with Crippen LogP contribution in [0.4, 0.5) is 5.82 Å². The SMILES string of the molecule is CNC(=O)C1OC(n2cnc3c(NCCc4cccnc4)ncnc32)C(O)C1N. The molecule has 3 aromatic heterocycles. The molecule has 4 heterocycles. The molecular formula is C18H22N8O3. The topological polar surface area (TPSA) is 153 Å². The van der Waals surface area contributed by atoms with Crippen LogP contribution in [0, 0.1) is 0 Å². The number of hydrogen-bond donors (Lipinski definition) is 4. The van der Waals surface area contributed by atoms with Gasteiger partial charge in [-0.25, -0.2) is 15.0 Å². The van der Waals surface area contributed by atoms with Gasteiger partial charge >= 0.3 is 0 Å². The molecule has 4 rings (SSSR count). The maximum absolute atomic E-state index is 11.9. The molecule has 5 N–H and O–H groups in total. The smallest absolute Gasteiger partial charge is 0.250 e. The highest BCUT2D eigenvalue weighted by Gasteiger charge is 2.46. The number of amides is 1. The van der Waals surface area contributed by atoms with Crippen molar-refractivity contribution < 1.29 is 14.6 Å². The Morgan fingerprint density at radius 3 is 3.00 bits per heavy atom. The summed E-state index contributed by atoms with van der Waals surface area (Å²) in [5.41, 5.74) is 8.08. The second-order valence-corrected chi connectivity index (χ2v) is 6.71. The molecule has 1 amide bonds. The summed E-state index contributed by atoms with van der Waals surface area (Å²) < 4.78 is 7.28. The molecule has 4 unspecified atom stereocenters. The highest BCUT2D eigenvalue weighted by atomic mass is 16.5. The molecule has 4 atom stereocenters. The van der Waals surface area contributed by atoms with E-state index in [9.17, 15) is 9.90 Å². The van der Waals surface area contributed by atoms with Gasteiger partial charge in [0.1, 0.15) is 12.4 Å². The lowest BCUT2D eigenvalue weighted by atomic mass is 10.1. The van der Waals surface area contributed by atoms with Crippen molar-refractivity contribution in [1.82, 2.24) is 29.8 Å². The average molecular weight is 398 g/mol. The van der Waals surface area contributed by atoms with Crippen molar-refractivity contribution in [3.05, 3.63) is 42.7 Å². The number of nitrogens with zero attached hydrogens (tertiary/aromatic N) is 5. The van der Waals surface area contributed by atoms with Crippen molar-refractivity contribution in [3.8, 4) is 0 Å². The number of hydrogen-bond acceptors (Lipinski definition) is 9. The van der Waals surface area contributed by atoms with E-state index in [1.54, 1.807) is 10.8 Å². The zero-order chi connectivity index (χ0) is 20.4. The van der Waals surface area contributed by atoms with E-state index in [1.807, 2.05) is 18.3 Å². The Kier molecular flexibility index (Phi) is 5.34. The van der Waals surface area contributed by atoms with Gasteiger partial charge in [-0.15, -0.1) is 0 Å². The maximum atomic E-state index is 11.9. The van der Waals surface area contributed by atoms with Crippen LogP contribution in [0.1, 0.15) is 11.8 Å². The first-order valence-electron chi connectivity index (χ1n) is 9.21. The second-order valence-electron chi connectivity index (χ2n) is 6.71. The Morgan fingerprint density at radius 2 is 2.24 bits per heavy atom. The lowest BCUT2D eigenvalue weighted by molar-refractivity contribution is -0.134. The molecule has 3 aromatic rings. The molecule has 0 spiro atoms. The van der Waals surface area contributed by atoms with E-state index in [0.717, 1.165) is 12.0 Å². The molecule has 0 aliphatic carbocycles. The summed E-state index contributed by atoms with van der Waals surface area (Å²) in [6.07, 6.45) is 4.29. The van der Waals surface area contributed by atoms with Crippen LogP contribution in [0.2, 0.25) is 0 Å². The van der Waals surface area contributed by atoms with Crippen LogP contribution in [-0.2, 0) is 16.0 Å². The minimum absolute atomic E-state index is 0.393. The number of fused-ring (bicyclic) bond motifs is 1. The fourth-order valence-corrected chi connectivity index (χ4v) is 3.34. The normalized spacial score (nSPS) is 24.0. The van der Waals surface area contributed by atoms with Crippen LogP contribution in [0.3, 0.4) is 0 Å². The number of anilines is 1. The molecule has 0 radical (unpaired) electrons. The Hall–Kier alpha value is -3.15. The summed E-state index contributed by atoms with van der Waals surface area (Å²) in [5, 5.41) is 16.2. The van der Waals surface area contributed by atoms with Gasteiger partial charge in [-0.2, -0.15) is 0 Å². The second kappa shape index (κ2) is 8.07. The van der Waals surface area contributed by atoms with Gasteiger partial charge in [0, 0.05) is 26.0 Å². The third kappa shape index (κ3) is 3.62. The number of ether oxygens (including phenoxy) is 1. The van der Waals surface area contributed by atoms with Crippen molar-refractivity contribution in [2.45, 2.75) is 30.9 Å². The van der Waals surface area contributed by atoms with Crippen molar-refractivity contribution in [2.24, 2.45) is 5.73 Å². The number of nitrogens with two attached hydrogens (primary N) is 1. The average Bonchev–Trinajstić information content (AvgIpc) is 3.30. The Morgan fingerprint density at radius 1 is 1.38 bits per heavy atom. The minimum atomic E-state index is -1.09. The van der Waals surface area contributed by atoms with Crippen molar-refractivity contribution in [3.63, 3.8) is 0 Å². The van der Waals surface area contributed by atoms with Crippen LogP contribution in [0.15, 0.2) is 37.2 Å². The summed E-state index contributed by atoms with van der Waals surface area (Å²) in [6.45, 7) is 0.636. The number of nitrogens with one attached hydrogen (secondary N) is 2. The van der Waals surface area contributed by atoms with Gasteiger partial charge < -0.3 is 26.2 Å². The van der Waals surface area contributed by atoms with Gasteiger partial charge in [-0.3, -0.25) is 14.3 Å². The lowest BCUT2D eigenvalue weighted by Crippen LogP contribution is -2.46. The molecule has 1 fully saturated rings. The molecule has 1 aliphatic rings. The fourth-order valence-electron chi connectivity index (χ4n) is 3.34. The van der Waals surface area contributed by atoms with Crippen LogP contribution < -0.4 is 16.4 Å². The van der Waals surface area contributed by atoms with Crippen molar-refractivity contribution >= 4 is 22.9 Å². The van der Waals surface area contributed by atoms with Gasteiger partial charge in [0.05, 0.1) is 12.4 Å². The van der Waals surface area contributed by atoms with E-state index in [4.69, 9.17) is 10.5 Å². The van der Waals surface area contributed by atoms with E-state index in [0.29, 0.717) is 23.5 Å². The molecule has 29 heavy (non-hydrogen) atoms.